The molecule has 27 heavy (non-hydrogen) atoms. The third kappa shape index (κ3) is 3.90. The summed E-state index contributed by atoms with van der Waals surface area (Å²) >= 11 is 0. The number of hydrogen-bond donors (Lipinski definition) is 1. The molecule has 1 atom stereocenters. The maximum absolute atomic E-state index is 12.4. The van der Waals surface area contributed by atoms with Crippen LogP contribution in [-0.4, -0.2) is 67.2 Å². The van der Waals surface area contributed by atoms with E-state index < -0.39 is 12.0 Å². The predicted molar refractivity (Wildman–Crippen MR) is 96.1 cm³/mol. The molecule has 3 rings (SSSR count). The van der Waals surface area contributed by atoms with E-state index in [1.807, 2.05) is 4.90 Å². The lowest BCUT2D eigenvalue weighted by molar-refractivity contribution is -0.144. The van der Waals surface area contributed by atoms with Gasteiger partial charge in [-0.05, 0) is 29.8 Å². The van der Waals surface area contributed by atoms with Gasteiger partial charge in [0.25, 0.3) is 5.91 Å². The lowest BCUT2D eigenvalue weighted by Crippen LogP contribution is -2.51. The smallest absolute Gasteiger partial charge is 0.325 e. The number of aliphatic carboxylic acids is 1. The number of rotatable bonds is 6. The molecule has 0 radical (unpaired) electrons. The molecule has 1 N–H and O–H groups in total. The first-order valence-electron chi connectivity index (χ1n) is 8.56. The van der Waals surface area contributed by atoms with Crippen LogP contribution < -0.4 is 9.47 Å². The van der Waals surface area contributed by atoms with Crippen molar-refractivity contribution >= 4 is 11.9 Å². The van der Waals surface area contributed by atoms with Crippen LogP contribution in [0.2, 0.25) is 0 Å². The maximum atomic E-state index is 12.4. The van der Waals surface area contributed by atoms with Gasteiger partial charge in [0.2, 0.25) is 0 Å². The Morgan fingerprint density at radius 3 is 2.33 bits per heavy atom. The van der Waals surface area contributed by atoms with Crippen LogP contribution in [0, 0.1) is 0 Å². The number of amides is 1. The Kier molecular flexibility index (Phi) is 5.66. The second-order valence-corrected chi connectivity index (χ2v) is 6.16. The number of carboxylic acids is 1. The molecule has 1 aromatic heterocycles. The molecule has 1 fully saturated rings. The number of nitrogens with zero attached hydrogens (tertiary/aromatic N) is 2. The number of hydrogen-bond acceptors (Lipinski definition) is 6. The molecule has 144 valence electrons. The zero-order chi connectivity index (χ0) is 19.4. The van der Waals surface area contributed by atoms with Gasteiger partial charge in [0.1, 0.15) is 6.04 Å². The highest BCUT2D eigenvalue weighted by Gasteiger charge is 2.32. The van der Waals surface area contributed by atoms with Crippen molar-refractivity contribution in [2.45, 2.75) is 6.04 Å². The molecule has 1 amide bonds. The van der Waals surface area contributed by atoms with Crippen LogP contribution in [0.3, 0.4) is 0 Å². The first-order valence-corrected chi connectivity index (χ1v) is 8.56. The number of benzene rings is 1. The fourth-order valence-corrected chi connectivity index (χ4v) is 3.27. The van der Waals surface area contributed by atoms with Crippen molar-refractivity contribution < 1.29 is 28.6 Å². The molecule has 0 saturated carbocycles. The fraction of sp³-hybridized carbons (Fsp3) is 0.368. The van der Waals surface area contributed by atoms with Crippen LogP contribution in [0.1, 0.15) is 22.2 Å². The van der Waals surface area contributed by atoms with E-state index in [9.17, 15) is 14.7 Å². The molecular formula is C19H22N2O6. The molecule has 1 saturated heterocycles. The summed E-state index contributed by atoms with van der Waals surface area (Å²) in [6.07, 6.45) is 1.46. The van der Waals surface area contributed by atoms with Gasteiger partial charge in [0, 0.05) is 26.2 Å². The van der Waals surface area contributed by atoms with Gasteiger partial charge in [0.05, 0.1) is 20.5 Å². The fourth-order valence-electron chi connectivity index (χ4n) is 3.27. The Labute approximate surface area is 156 Å². The summed E-state index contributed by atoms with van der Waals surface area (Å²) in [5.74, 6) is 0.177. The Hall–Kier alpha value is -3.00. The van der Waals surface area contributed by atoms with Crippen LogP contribution in [0.4, 0.5) is 0 Å². The molecule has 2 aromatic rings. The highest BCUT2D eigenvalue weighted by molar-refractivity contribution is 5.91. The molecule has 8 heteroatoms. The van der Waals surface area contributed by atoms with E-state index in [0.29, 0.717) is 43.2 Å². The number of ether oxygens (including phenoxy) is 2. The predicted octanol–water partition coefficient (Wildman–Crippen LogP) is 1.88. The zero-order valence-electron chi connectivity index (χ0n) is 15.3. The van der Waals surface area contributed by atoms with Crippen LogP contribution in [-0.2, 0) is 4.79 Å². The van der Waals surface area contributed by atoms with Crippen molar-refractivity contribution in [2.24, 2.45) is 0 Å². The Morgan fingerprint density at radius 2 is 1.78 bits per heavy atom. The van der Waals surface area contributed by atoms with Crippen LogP contribution >= 0.6 is 0 Å². The van der Waals surface area contributed by atoms with E-state index in [0.717, 1.165) is 0 Å². The normalized spacial score (nSPS) is 16.0. The maximum Gasteiger partial charge on any atom is 0.325 e. The van der Waals surface area contributed by atoms with Gasteiger partial charge in [0.15, 0.2) is 17.3 Å². The molecule has 0 aliphatic carbocycles. The average Bonchev–Trinajstić information content (AvgIpc) is 3.22. The van der Waals surface area contributed by atoms with Gasteiger partial charge >= 0.3 is 5.97 Å². The first kappa shape index (κ1) is 18.8. The van der Waals surface area contributed by atoms with E-state index in [1.165, 1.54) is 20.5 Å². The van der Waals surface area contributed by atoms with E-state index in [4.69, 9.17) is 13.9 Å². The van der Waals surface area contributed by atoms with E-state index in [-0.39, 0.29) is 11.7 Å². The standard InChI is InChI=1S/C19H22N2O6/c1-25-14-6-5-13(12-16(14)26-2)17(19(23)24)20-7-9-21(10-8-20)18(22)15-4-3-11-27-15/h3-6,11-12,17H,7-10H2,1-2H3,(H,23,24). The van der Waals surface area contributed by atoms with Crippen molar-refractivity contribution in [3.63, 3.8) is 0 Å². The highest BCUT2D eigenvalue weighted by Crippen LogP contribution is 2.32. The highest BCUT2D eigenvalue weighted by atomic mass is 16.5. The molecule has 2 heterocycles. The summed E-state index contributed by atoms with van der Waals surface area (Å²) in [5, 5.41) is 9.79. The number of carboxylic acid groups (broad SMARTS) is 1. The van der Waals surface area contributed by atoms with Crippen molar-refractivity contribution in [3.05, 3.63) is 47.9 Å². The van der Waals surface area contributed by atoms with E-state index >= 15 is 0 Å². The quantitative estimate of drug-likeness (QED) is 0.825. The second-order valence-electron chi connectivity index (χ2n) is 6.16. The molecule has 0 spiro atoms. The molecule has 1 aliphatic heterocycles. The lowest BCUT2D eigenvalue weighted by atomic mass is 10.0. The number of piperazine rings is 1. The molecule has 8 nitrogen and oxygen atoms in total. The summed E-state index contributed by atoms with van der Waals surface area (Å²) < 4.78 is 15.7. The van der Waals surface area contributed by atoms with Gasteiger partial charge in [-0.1, -0.05) is 6.07 Å². The SMILES string of the molecule is COc1ccc(C(C(=O)O)N2CCN(C(=O)c3ccco3)CC2)cc1OC. The Bertz CT molecular complexity index is 797. The lowest BCUT2D eigenvalue weighted by Gasteiger charge is -2.37. The van der Waals surface area contributed by atoms with Gasteiger partial charge < -0.3 is 23.9 Å². The third-order valence-corrected chi connectivity index (χ3v) is 4.66. The summed E-state index contributed by atoms with van der Waals surface area (Å²) in [7, 11) is 3.04. The van der Waals surface area contributed by atoms with Crippen LogP contribution in [0.25, 0.3) is 0 Å². The van der Waals surface area contributed by atoms with E-state index in [1.54, 1.807) is 35.2 Å². The van der Waals surface area contributed by atoms with Crippen LogP contribution in [0.5, 0.6) is 11.5 Å². The minimum Gasteiger partial charge on any atom is -0.493 e. The number of furan rings is 1. The monoisotopic (exact) mass is 374 g/mol. The molecule has 0 bridgehead atoms. The largest absolute Gasteiger partial charge is 0.493 e. The summed E-state index contributed by atoms with van der Waals surface area (Å²) in [4.78, 5) is 27.8. The van der Waals surface area contributed by atoms with Gasteiger partial charge in [-0.3, -0.25) is 14.5 Å². The number of carbonyl (C=O) groups excluding carboxylic acids is 1. The Morgan fingerprint density at radius 1 is 1.07 bits per heavy atom. The van der Waals surface area contributed by atoms with Gasteiger partial charge in [-0.25, -0.2) is 0 Å². The topological polar surface area (TPSA) is 92.5 Å². The molecule has 1 aromatic carbocycles. The molecular weight excluding hydrogens is 352 g/mol. The summed E-state index contributed by atoms with van der Waals surface area (Å²) in [6.45, 7) is 1.74. The van der Waals surface area contributed by atoms with E-state index in [2.05, 4.69) is 0 Å². The molecule has 1 aliphatic rings. The van der Waals surface area contributed by atoms with Gasteiger partial charge in [-0.15, -0.1) is 0 Å². The van der Waals surface area contributed by atoms with Crippen molar-refractivity contribution in [2.75, 3.05) is 40.4 Å². The van der Waals surface area contributed by atoms with Crippen LogP contribution in [0.15, 0.2) is 41.0 Å². The van der Waals surface area contributed by atoms with Crippen molar-refractivity contribution in [1.82, 2.24) is 9.80 Å². The van der Waals surface area contributed by atoms with Gasteiger partial charge in [-0.2, -0.15) is 0 Å². The second kappa shape index (κ2) is 8.13. The van der Waals surface area contributed by atoms with Crippen molar-refractivity contribution in [3.8, 4) is 11.5 Å². The Balaban J connectivity index is 1.74. The molecule has 1 unspecified atom stereocenters. The first-order chi connectivity index (χ1) is 13.0. The summed E-state index contributed by atoms with van der Waals surface area (Å²) in [5.41, 5.74) is 0.603. The average molecular weight is 374 g/mol. The minimum atomic E-state index is -0.951. The van der Waals surface area contributed by atoms with Crippen molar-refractivity contribution in [1.29, 1.82) is 0 Å². The number of carbonyl (C=O) groups is 2. The zero-order valence-corrected chi connectivity index (χ0v) is 15.3. The summed E-state index contributed by atoms with van der Waals surface area (Å²) in [6, 6.07) is 7.56. The minimum absolute atomic E-state index is 0.183. The number of methoxy groups -OCH3 is 2. The third-order valence-electron chi connectivity index (χ3n) is 4.66.